The molecule has 1 fully saturated rings. The van der Waals surface area contributed by atoms with E-state index in [2.05, 4.69) is 20.6 Å². The van der Waals surface area contributed by atoms with Crippen LogP contribution in [0, 0.1) is 17.2 Å². The van der Waals surface area contributed by atoms with Crippen LogP contribution in [0.4, 0.5) is 15.4 Å². The van der Waals surface area contributed by atoms with Crippen LogP contribution in [-0.2, 0) is 9.53 Å². The van der Waals surface area contributed by atoms with Gasteiger partial charge < -0.3 is 10.1 Å². The molecule has 11 nitrogen and oxygen atoms in total. The normalized spacial score (nSPS) is 15.6. The highest BCUT2D eigenvalue weighted by atomic mass is 16.6. The number of aromatic nitrogens is 2. The Kier molecular flexibility index (Phi) is 7.74. The molecule has 1 aliphatic heterocycles. The Hall–Kier alpha value is -3.42. The highest BCUT2D eigenvalue weighted by Crippen LogP contribution is 2.19. The van der Waals surface area contributed by atoms with Crippen molar-refractivity contribution in [2.75, 3.05) is 18.4 Å². The minimum atomic E-state index is -0.844. The van der Waals surface area contributed by atoms with Crippen molar-refractivity contribution in [3.8, 4) is 6.07 Å². The van der Waals surface area contributed by atoms with Crippen LogP contribution in [0.2, 0.25) is 0 Å². The van der Waals surface area contributed by atoms with Crippen molar-refractivity contribution < 1.29 is 19.1 Å². The van der Waals surface area contributed by atoms with Gasteiger partial charge in [-0.3, -0.25) is 10.1 Å². The topological polar surface area (TPSA) is 141 Å². The quantitative estimate of drug-likeness (QED) is 0.728. The fourth-order valence-corrected chi connectivity index (χ4v) is 2.95. The third-order valence-corrected chi connectivity index (χ3v) is 4.67. The van der Waals surface area contributed by atoms with Crippen LogP contribution >= 0.6 is 0 Å². The number of alkyl carbamates (subject to hydrolysis) is 1. The summed E-state index contributed by atoms with van der Waals surface area (Å²) in [4.78, 5) is 46.1. The third-order valence-electron chi connectivity index (χ3n) is 4.67. The minimum Gasteiger partial charge on any atom is -0.444 e. The summed E-state index contributed by atoms with van der Waals surface area (Å²) >= 11 is 0. The minimum absolute atomic E-state index is 0.126. The van der Waals surface area contributed by atoms with E-state index < -0.39 is 29.7 Å². The van der Waals surface area contributed by atoms with Crippen molar-refractivity contribution in [1.82, 2.24) is 25.3 Å². The summed E-state index contributed by atoms with van der Waals surface area (Å²) in [5.74, 6) is -0.401. The fraction of sp³-hybridized carbons (Fsp3) is 0.600. The maximum atomic E-state index is 13.3. The number of nitrogens with zero attached hydrogens (tertiary/aromatic N) is 5. The Morgan fingerprint density at radius 1 is 1.23 bits per heavy atom. The maximum absolute atomic E-state index is 13.3. The molecule has 2 rings (SSSR count). The van der Waals surface area contributed by atoms with E-state index in [0.717, 1.165) is 0 Å². The van der Waals surface area contributed by atoms with Crippen molar-refractivity contribution in [3.05, 3.63) is 18.1 Å². The molecule has 0 aliphatic carbocycles. The van der Waals surface area contributed by atoms with Gasteiger partial charge >= 0.3 is 12.1 Å². The smallest absolute Gasteiger partial charge is 0.408 e. The lowest BCUT2D eigenvalue weighted by Crippen LogP contribution is -2.56. The van der Waals surface area contributed by atoms with Gasteiger partial charge in [0.05, 0.1) is 12.4 Å². The number of hydrogen-bond acceptors (Lipinski definition) is 7. The van der Waals surface area contributed by atoms with Crippen LogP contribution in [0.15, 0.2) is 12.4 Å². The summed E-state index contributed by atoms with van der Waals surface area (Å²) in [5.41, 5.74) is -0.574. The molecular formula is C20H29N7O4. The first-order chi connectivity index (χ1) is 14.6. The standard InChI is InChI=1S/C20H29N7O4/c1-6-13(2)16(25-19(30)31-20(3,4)5)17(28)26-8-7-9-27(26)18(29)24-15-12-22-14(10-21)11-23-15/h11-13,16H,6-9H2,1-5H3,(H,25,30)(H,23,24,29). The molecule has 31 heavy (non-hydrogen) atoms. The number of nitrogens with one attached hydrogen (secondary N) is 2. The zero-order chi connectivity index (χ0) is 23.2. The van der Waals surface area contributed by atoms with Crippen molar-refractivity contribution >= 4 is 23.8 Å². The molecular weight excluding hydrogens is 402 g/mol. The number of rotatable bonds is 5. The number of carbonyl (C=O) groups is 3. The van der Waals surface area contributed by atoms with Gasteiger partial charge in [-0.1, -0.05) is 20.3 Å². The van der Waals surface area contributed by atoms with Gasteiger partial charge in [0.25, 0.3) is 5.91 Å². The van der Waals surface area contributed by atoms with E-state index >= 15 is 0 Å². The van der Waals surface area contributed by atoms with Crippen LogP contribution in [0.5, 0.6) is 0 Å². The zero-order valence-electron chi connectivity index (χ0n) is 18.5. The Balaban J connectivity index is 2.12. The Morgan fingerprint density at radius 2 is 1.90 bits per heavy atom. The van der Waals surface area contributed by atoms with Crippen LogP contribution < -0.4 is 10.6 Å². The lowest BCUT2D eigenvalue weighted by molar-refractivity contribution is -0.143. The van der Waals surface area contributed by atoms with Gasteiger partial charge in [0.1, 0.15) is 17.7 Å². The van der Waals surface area contributed by atoms with E-state index in [-0.39, 0.29) is 17.4 Å². The Labute approximate surface area is 181 Å². The van der Waals surface area contributed by atoms with Gasteiger partial charge in [-0.05, 0) is 33.1 Å². The Bertz CT molecular complexity index is 845. The van der Waals surface area contributed by atoms with Crippen molar-refractivity contribution in [3.63, 3.8) is 0 Å². The summed E-state index contributed by atoms with van der Waals surface area (Å²) in [6.45, 7) is 9.67. The molecule has 0 saturated carbocycles. The first kappa shape index (κ1) is 23.9. The number of urea groups is 1. The average molecular weight is 431 g/mol. The highest BCUT2D eigenvalue weighted by Gasteiger charge is 2.38. The molecule has 2 N–H and O–H groups in total. The molecule has 1 aromatic heterocycles. The number of anilines is 1. The average Bonchev–Trinajstić information content (AvgIpc) is 3.20. The number of ether oxygens (including phenoxy) is 1. The second-order valence-electron chi connectivity index (χ2n) is 8.28. The van der Waals surface area contributed by atoms with Gasteiger partial charge in [0, 0.05) is 13.1 Å². The number of amides is 4. The highest BCUT2D eigenvalue weighted by molar-refractivity contribution is 5.92. The van der Waals surface area contributed by atoms with Gasteiger partial charge in [0.2, 0.25) is 0 Å². The molecule has 0 aromatic carbocycles. The van der Waals surface area contributed by atoms with Crippen LogP contribution in [0.25, 0.3) is 0 Å². The van der Waals surface area contributed by atoms with Crippen molar-refractivity contribution in [2.24, 2.45) is 5.92 Å². The van der Waals surface area contributed by atoms with E-state index in [1.165, 1.54) is 22.4 Å². The van der Waals surface area contributed by atoms with Crippen LogP contribution in [-0.4, -0.2) is 62.7 Å². The van der Waals surface area contributed by atoms with E-state index in [9.17, 15) is 14.4 Å². The predicted molar refractivity (Wildman–Crippen MR) is 111 cm³/mol. The number of hydrogen-bond donors (Lipinski definition) is 2. The zero-order valence-corrected chi connectivity index (χ0v) is 18.5. The molecule has 2 atom stereocenters. The maximum Gasteiger partial charge on any atom is 0.408 e. The molecule has 0 radical (unpaired) electrons. The molecule has 0 bridgehead atoms. The number of hydrazine groups is 1. The predicted octanol–water partition coefficient (Wildman–Crippen LogP) is 2.27. The number of nitriles is 1. The molecule has 168 valence electrons. The number of carbonyl (C=O) groups excluding carboxylic acids is 3. The van der Waals surface area contributed by atoms with Gasteiger partial charge in [-0.15, -0.1) is 0 Å². The molecule has 1 saturated heterocycles. The van der Waals surface area contributed by atoms with E-state index in [4.69, 9.17) is 10.00 Å². The van der Waals surface area contributed by atoms with Crippen molar-refractivity contribution in [1.29, 1.82) is 5.26 Å². The van der Waals surface area contributed by atoms with E-state index in [0.29, 0.717) is 25.9 Å². The molecule has 4 amide bonds. The Morgan fingerprint density at radius 3 is 2.45 bits per heavy atom. The molecule has 0 spiro atoms. The van der Waals surface area contributed by atoms with Crippen LogP contribution in [0.3, 0.4) is 0 Å². The van der Waals surface area contributed by atoms with E-state index in [1.807, 2.05) is 19.9 Å². The lowest BCUT2D eigenvalue weighted by Gasteiger charge is -2.33. The molecule has 2 unspecified atom stereocenters. The second-order valence-corrected chi connectivity index (χ2v) is 8.28. The third kappa shape index (κ3) is 6.53. The first-order valence-electron chi connectivity index (χ1n) is 10.2. The monoisotopic (exact) mass is 431 g/mol. The summed E-state index contributed by atoms with van der Waals surface area (Å²) < 4.78 is 5.30. The van der Waals surface area contributed by atoms with Gasteiger partial charge in [0.15, 0.2) is 11.5 Å². The summed E-state index contributed by atoms with van der Waals surface area (Å²) in [6, 6.07) is 0.453. The second kappa shape index (κ2) is 10.1. The van der Waals surface area contributed by atoms with Gasteiger partial charge in [-0.2, -0.15) is 5.26 Å². The van der Waals surface area contributed by atoms with Crippen LogP contribution in [0.1, 0.15) is 53.2 Å². The summed E-state index contributed by atoms with van der Waals surface area (Å²) in [5, 5.41) is 16.6. The lowest BCUT2D eigenvalue weighted by atomic mass is 9.98. The summed E-state index contributed by atoms with van der Waals surface area (Å²) in [7, 11) is 0. The molecule has 11 heteroatoms. The largest absolute Gasteiger partial charge is 0.444 e. The SMILES string of the molecule is CCC(C)C(NC(=O)OC(C)(C)C)C(=O)N1CCCN1C(=O)Nc1cnc(C#N)cn1. The first-order valence-corrected chi connectivity index (χ1v) is 10.2. The molecule has 2 heterocycles. The van der Waals surface area contributed by atoms with Gasteiger partial charge in [-0.25, -0.2) is 29.6 Å². The summed E-state index contributed by atoms with van der Waals surface area (Å²) in [6.07, 6.45) is 3.07. The van der Waals surface area contributed by atoms with Crippen molar-refractivity contribution in [2.45, 2.75) is 59.1 Å². The molecule has 1 aromatic rings. The molecule has 1 aliphatic rings. The fourth-order valence-electron chi connectivity index (χ4n) is 2.95. The van der Waals surface area contributed by atoms with E-state index in [1.54, 1.807) is 20.8 Å².